The molecule has 7 nitrogen and oxygen atoms in total. The van der Waals surface area contributed by atoms with Gasteiger partial charge in [0, 0.05) is 12.1 Å². The number of carboxylic acid groups (broad SMARTS) is 1. The molecule has 2 N–H and O–H groups in total. The van der Waals surface area contributed by atoms with E-state index in [2.05, 4.69) is 10.3 Å². The lowest BCUT2D eigenvalue weighted by atomic mass is 10.1. The van der Waals surface area contributed by atoms with Crippen molar-refractivity contribution in [2.24, 2.45) is 5.92 Å². The van der Waals surface area contributed by atoms with Crippen LogP contribution in [0.5, 0.6) is 0 Å². The molecule has 0 bridgehead atoms. The number of pyridine rings is 1. The molecule has 0 aromatic carbocycles. The Hall–Kier alpha value is -2.18. The minimum absolute atomic E-state index is 0.0920. The fourth-order valence-electron chi connectivity index (χ4n) is 2.15. The van der Waals surface area contributed by atoms with E-state index in [1.807, 2.05) is 0 Å². The van der Waals surface area contributed by atoms with Crippen LogP contribution in [0.15, 0.2) is 18.3 Å². The maximum absolute atomic E-state index is 10.8. The average molecular weight is 251 g/mol. The molecular formula is C11H13N3O4. The monoisotopic (exact) mass is 251 g/mol. The van der Waals surface area contributed by atoms with Crippen LogP contribution in [-0.4, -0.2) is 27.0 Å². The van der Waals surface area contributed by atoms with Gasteiger partial charge in [0.05, 0.1) is 11.6 Å². The quantitative estimate of drug-likeness (QED) is 0.622. The first-order valence-electron chi connectivity index (χ1n) is 5.66. The lowest BCUT2D eigenvalue weighted by Crippen LogP contribution is -2.17. The van der Waals surface area contributed by atoms with Gasteiger partial charge in [-0.1, -0.05) is 0 Å². The number of carboxylic acids is 1. The van der Waals surface area contributed by atoms with E-state index < -0.39 is 10.9 Å². The zero-order valence-electron chi connectivity index (χ0n) is 9.57. The second-order valence-electron chi connectivity index (χ2n) is 4.35. The molecule has 0 radical (unpaired) electrons. The van der Waals surface area contributed by atoms with Crippen LogP contribution in [0, 0.1) is 16.0 Å². The van der Waals surface area contributed by atoms with E-state index in [9.17, 15) is 14.9 Å². The van der Waals surface area contributed by atoms with Crippen molar-refractivity contribution in [2.75, 3.05) is 5.32 Å². The molecule has 1 fully saturated rings. The second-order valence-corrected chi connectivity index (χ2v) is 4.35. The van der Waals surface area contributed by atoms with Crippen LogP contribution in [0.3, 0.4) is 0 Å². The van der Waals surface area contributed by atoms with E-state index in [1.54, 1.807) is 6.07 Å². The fraction of sp³-hybridized carbons (Fsp3) is 0.455. The lowest BCUT2D eigenvalue weighted by molar-refractivity contribution is -0.389. The van der Waals surface area contributed by atoms with Crippen molar-refractivity contribution in [1.82, 2.24) is 4.98 Å². The Morgan fingerprint density at radius 2 is 2.28 bits per heavy atom. The highest BCUT2D eigenvalue weighted by Crippen LogP contribution is 2.28. The van der Waals surface area contributed by atoms with Gasteiger partial charge in [-0.05, 0) is 35.2 Å². The standard InChI is InChI=1S/C11H13N3O4/c15-11(16)7-1-2-8(5-7)13-9-3-4-10(12-6-9)14(17)18/h3-4,6-8,13H,1-2,5H2,(H,15,16)/t7-,8+/m1/s1. The van der Waals surface area contributed by atoms with Crippen molar-refractivity contribution in [1.29, 1.82) is 0 Å². The molecule has 1 aliphatic rings. The Morgan fingerprint density at radius 3 is 2.78 bits per heavy atom. The summed E-state index contributed by atoms with van der Waals surface area (Å²) < 4.78 is 0. The summed E-state index contributed by atoms with van der Waals surface area (Å²) in [6.07, 6.45) is 3.42. The van der Waals surface area contributed by atoms with Gasteiger partial charge in [0.15, 0.2) is 6.20 Å². The average Bonchev–Trinajstić information content (AvgIpc) is 2.78. The summed E-state index contributed by atoms with van der Waals surface area (Å²) in [7, 11) is 0. The fourth-order valence-corrected chi connectivity index (χ4v) is 2.15. The van der Waals surface area contributed by atoms with E-state index in [0.29, 0.717) is 18.5 Å². The summed E-state index contributed by atoms with van der Waals surface area (Å²) in [5.41, 5.74) is 0.677. The number of aliphatic carboxylic acids is 1. The number of hydrogen-bond donors (Lipinski definition) is 2. The summed E-state index contributed by atoms with van der Waals surface area (Å²) in [6.45, 7) is 0. The van der Waals surface area contributed by atoms with Gasteiger partial charge in [0.1, 0.15) is 0 Å². The Kier molecular flexibility index (Phi) is 3.40. The summed E-state index contributed by atoms with van der Waals surface area (Å²) in [6, 6.07) is 3.00. The summed E-state index contributed by atoms with van der Waals surface area (Å²) in [5, 5.41) is 22.5. The number of rotatable bonds is 4. The smallest absolute Gasteiger partial charge is 0.363 e. The van der Waals surface area contributed by atoms with Gasteiger partial charge in [-0.15, -0.1) is 0 Å². The van der Waals surface area contributed by atoms with Crippen LogP contribution in [0.4, 0.5) is 11.5 Å². The third kappa shape index (κ3) is 2.73. The molecule has 2 rings (SSSR count). The van der Waals surface area contributed by atoms with Crippen molar-refractivity contribution < 1.29 is 14.8 Å². The first-order chi connectivity index (χ1) is 8.56. The first kappa shape index (κ1) is 12.3. The van der Waals surface area contributed by atoms with Crippen molar-refractivity contribution in [3.8, 4) is 0 Å². The van der Waals surface area contributed by atoms with Crippen molar-refractivity contribution in [3.63, 3.8) is 0 Å². The van der Waals surface area contributed by atoms with Crippen LogP contribution >= 0.6 is 0 Å². The van der Waals surface area contributed by atoms with Crippen LogP contribution in [0.25, 0.3) is 0 Å². The minimum atomic E-state index is -0.763. The Bertz CT molecular complexity index is 460. The molecule has 0 unspecified atom stereocenters. The molecule has 2 atom stereocenters. The molecule has 0 amide bonds. The molecule has 18 heavy (non-hydrogen) atoms. The van der Waals surface area contributed by atoms with Gasteiger partial charge >= 0.3 is 11.8 Å². The highest BCUT2D eigenvalue weighted by Gasteiger charge is 2.29. The molecule has 0 spiro atoms. The van der Waals surface area contributed by atoms with Gasteiger partial charge in [0.25, 0.3) is 0 Å². The van der Waals surface area contributed by atoms with Gasteiger partial charge in [-0.2, -0.15) is 0 Å². The number of nitrogens with one attached hydrogen (secondary N) is 1. The summed E-state index contributed by atoms with van der Waals surface area (Å²) >= 11 is 0. The van der Waals surface area contributed by atoms with Gasteiger partial charge < -0.3 is 20.5 Å². The molecule has 1 aromatic rings. The Labute approximate surface area is 103 Å². The van der Waals surface area contributed by atoms with Crippen molar-refractivity contribution >= 4 is 17.5 Å². The maximum atomic E-state index is 10.8. The SMILES string of the molecule is O=C(O)[C@@H]1CC[C@H](Nc2ccc([N+](=O)[O-])nc2)C1. The predicted octanol–water partition coefficient (Wildman–Crippen LogP) is 1.66. The number of anilines is 1. The Balaban J connectivity index is 1.94. The molecule has 0 saturated heterocycles. The lowest BCUT2D eigenvalue weighted by Gasteiger charge is -2.12. The molecule has 1 aromatic heterocycles. The van der Waals surface area contributed by atoms with Crippen LogP contribution in [0.2, 0.25) is 0 Å². The zero-order chi connectivity index (χ0) is 13.1. The maximum Gasteiger partial charge on any atom is 0.363 e. The van der Waals surface area contributed by atoms with E-state index in [-0.39, 0.29) is 17.8 Å². The highest BCUT2D eigenvalue weighted by atomic mass is 16.6. The molecule has 1 heterocycles. The number of aromatic nitrogens is 1. The Morgan fingerprint density at radius 1 is 1.50 bits per heavy atom. The molecule has 7 heteroatoms. The third-order valence-corrected chi connectivity index (χ3v) is 3.09. The zero-order valence-corrected chi connectivity index (χ0v) is 9.57. The third-order valence-electron chi connectivity index (χ3n) is 3.09. The molecule has 1 saturated carbocycles. The first-order valence-corrected chi connectivity index (χ1v) is 5.66. The van der Waals surface area contributed by atoms with Gasteiger partial charge in [-0.3, -0.25) is 4.79 Å². The van der Waals surface area contributed by atoms with E-state index in [0.717, 1.165) is 6.42 Å². The van der Waals surface area contributed by atoms with E-state index >= 15 is 0 Å². The predicted molar refractivity (Wildman–Crippen MR) is 63.3 cm³/mol. The second kappa shape index (κ2) is 4.99. The number of nitrogens with zero attached hydrogens (tertiary/aromatic N) is 2. The van der Waals surface area contributed by atoms with Crippen LogP contribution < -0.4 is 5.32 Å². The van der Waals surface area contributed by atoms with E-state index in [1.165, 1.54) is 12.3 Å². The van der Waals surface area contributed by atoms with Crippen molar-refractivity contribution in [2.45, 2.75) is 25.3 Å². The molecule has 0 aliphatic heterocycles. The van der Waals surface area contributed by atoms with Gasteiger partial charge in [0.2, 0.25) is 0 Å². The van der Waals surface area contributed by atoms with Crippen LogP contribution in [-0.2, 0) is 4.79 Å². The number of hydrogen-bond acceptors (Lipinski definition) is 5. The topological polar surface area (TPSA) is 105 Å². The highest BCUT2D eigenvalue weighted by molar-refractivity contribution is 5.70. The molecular weight excluding hydrogens is 238 g/mol. The number of nitro groups is 1. The number of carbonyl (C=O) groups is 1. The molecule has 1 aliphatic carbocycles. The van der Waals surface area contributed by atoms with E-state index in [4.69, 9.17) is 5.11 Å². The largest absolute Gasteiger partial charge is 0.481 e. The van der Waals surface area contributed by atoms with Gasteiger partial charge in [-0.25, -0.2) is 0 Å². The minimum Gasteiger partial charge on any atom is -0.481 e. The summed E-state index contributed by atoms with van der Waals surface area (Å²) in [5.74, 6) is -1.26. The summed E-state index contributed by atoms with van der Waals surface area (Å²) in [4.78, 5) is 24.4. The van der Waals surface area contributed by atoms with Crippen molar-refractivity contribution in [3.05, 3.63) is 28.4 Å². The molecule has 96 valence electrons. The normalized spacial score (nSPS) is 22.7. The van der Waals surface area contributed by atoms with Crippen LogP contribution in [0.1, 0.15) is 19.3 Å².